The average Bonchev–Trinajstić information content (AvgIpc) is 2.77. The number of aromatic amines is 1. The molecular weight excluding hydrogens is 218 g/mol. The van der Waals surface area contributed by atoms with Crippen molar-refractivity contribution in [3.63, 3.8) is 0 Å². The van der Waals surface area contributed by atoms with Gasteiger partial charge in [-0.25, -0.2) is 4.98 Å². The smallest absolute Gasteiger partial charge is 0.108 e. The van der Waals surface area contributed by atoms with Gasteiger partial charge in [-0.15, -0.1) is 0 Å². The van der Waals surface area contributed by atoms with Crippen LogP contribution in [0.3, 0.4) is 0 Å². The van der Waals surface area contributed by atoms with Crippen molar-refractivity contribution in [1.82, 2.24) is 15.3 Å². The van der Waals surface area contributed by atoms with Crippen LogP contribution in [-0.2, 0) is 22.4 Å². The maximum atomic E-state index is 5.39. The van der Waals surface area contributed by atoms with Gasteiger partial charge in [0.1, 0.15) is 5.82 Å². The molecule has 0 bridgehead atoms. The summed E-state index contributed by atoms with van der Waals surface area (Å²) >= 11 is 0. The van der Waals surface area contributed by atoms with E-state index in [9.17, 15) is 0 Å². The number of aromatic nitrogens is 2. The van der Waals surface area contributed by atoms with E-state index in [2.05, 4.69) is 22.2 Å². The number of methoxy groups -OCH3 is 1. The number of imidazole rings is 1. The summed E-state index contributed by atoms with van der Waals surface area (Å²) in [6.07, 6.45) is 3.85. The van der Waals surface area contributed by atoms with Crippen LogP contribution in [-0.4, -0.2) is 43.4 Å². The summed E-state index contributed by atoms with van der Waals surface area (Å²) in [4.78, 5) is 7.58. The van der Waals surface area contributed by atoms with E-state index < -0.39 is 0 Å². The third-order valence-corrected chi connectivity index (χ3v) is 2.34. The average molecular weight is 241 g/mol. The molecule has 0 aliphatic heterocycles. The van der Waals surface area contributed by atoms with Gasteiger partial charge in [-0.2, -0.15) is 0 Å². The fourth-order valence-corrected chi connectivity index (χ4v) is 1.44. The van der Waals surface area contributed by atoms with Crippen LogP contribution in [0.5, 0.6) is 0 Å². The first-order chi connectivity index (χ1) is 8.36. The Hall–Kier alpha value is -0.910. The van der Waals surface area contributed by atoms with Gasteiger partial charge < -0.3 is 19.8 Å². The van der Waals surface area contributed by atoms with Gasteiger partial charge in [-0.1, -0.05) is 6.92 Å². The minimum atomic E-state index is 0.641. The molecule has 1 aromatic rings. The molecule has 0 aromatic carbocycles. The van der Waals surface area contributed by atoms with Gasteiger partial charge >= 0.3 is 0 Å². The number of ether oxygens (including phenoxy) is 2. The van der Waals surface area contributed by atoms with Crippen molar-refractivity contribution in [2.75, 3.05) is 33.5 Å². The van der Waals surface area contributed by atoms with Gasteiger partial charge in [0.2, 0.25) is 0 Å². The van der Waals surface area contributed by atoms with Gasteiger partial charge in [-0.3, -0.25) is 0 Å². The van der Waals surface area contributed by atoms with Crippen LogP contribution < -0.4 is 5.32 Å². The number of hydrogen-bond donors (Lipinski definition) is 2. The molecule has 0 fully saturated rings. The van der Waals surface area contributed by atoms with Crippen molar-refractivity contribution in [2.45, 2.75) is 26.3 Å². The lowest BCUT2D eigenvalue weighted by Crippen LogP contribution is -2.14. The van der Waals surface area contributed by atoms with Gasteiger partial charge in [0, 0.05) is 32.0 Å². The molecule has 17 heavy (non-hydrogen) atoms. The zero-order valence-electron chi connectivity index (χ0n) is 10.8. The third kappa shape index (κ3) is 6.41. The lowest BCUT2D eigenvalue weighted by Gasteiger charge is -2.01. The summed E-state index contributed by atoms with van der Waals surface area (Å²) in [5.74, 6) is 0.982. The van der Waals surface area contributed by atoms with Gasteiger partial charge in [0.15, 0.2) is 0 Å². The van der Waals surface area contributed by atoms with Crippen molar-refractivity contribution < 1.29 is 9.47 Å². The Kier molecular flexibility index (Phi) is 7.62. The van der Waals surface area contributed by atoms with Gasteiger partial charge in [-0.05, 0) is 13.0 Å². The first kappa shape index (κ1) is 14.2. The molecule has 0 spiro atoms. The number of hydrogen-bond acceptors (Lipinski definition) is 4. The van der Waals surface area contributed by atoms with Gasteiger partial charge in [0.25, 0.3) is 0 Å². The highest BCUT2D eigenvalue weighted by Crippen LogP contribution is 1.98. The Bertz CT molecular complexity index is 289. The fraction of sp³-hybridized carbons (Fsp3) is 0.750. The quantitative estimate of drug-likeness (QED) is 0.603. The number of nitrogens with zero attached hydrogens (tertiary/aromatic N) is 1. The maximum absolute atomic E-state index is 5.39. The van der Waals surface area contributed by atoms with Crippen LogP contribution >= 0.6 is 0 Å². The summed E-state index contributed by atoms with van der Waals surface area (Å²) in [5, 5.41) is 3.33. The Morgan fingerprint density at radius 1 is 1.35 bits per heavy atom. The first-order valence-corrected chi connectivity index (χ1v) is 6.17. The predicted molar refractivity (Wildman–Crippen MR) is 67.0 cm³/mol. The second-order valence-electron chi connectivity index (χ2n) is 3.89. The normalized spacial score (nSPS) is 10.9. The Balaban J connectivity index is 2.12. The third-order valence-electron chi connectivity index (χ3n) is 2.34. The molecule has 5 heteroatoms. The van der Waals surface area contributed by atoms with Crippen LogP contribution in [0, 0.1) is 0 Å². The van der Waals surface area contributed by atoms with Crippen molar-refractivity contribution >= 4 is 0 Å². The topological polar surface area (TPSA) is 59.2 Å². The molecule has 0 amide bonds. The first-order valence-electron chi connectivity index (χ1n) is 6.17. The molecule has 2 N–H and O–H groups in total. The maximum Gasteiger partial charge on any atom is 0.108 e. The van der Waals surface area contributed by atoms with Crippen molar-refractivity contribution in [3.05, 3.63) is 17.7 Å². The van der Waals surface area contributed by atoms with Crippen molar-refractivity contribution in [2.24, 2.45) is 0 Å². The molecule has 98 valence electrons. The lowest BCUT2D eigenvalue weighted by molar-refractivity contribution is 0.0717. The highest BCUT2D eigenvalue weighted by molar-refractivity contribution is 5.01. The minimum Gasteiger partial charge on any atom is -0.382 e. The molecule has 0 unspecified atom stereocenters. The summed E-state index contributed by atoms with van der Waals surface area (Å²) in [6.45, 7) is 6.01. The Labute approximate surface area is 103 Å². The summed E-state index contributed by atoms with van der Waals surface area (Å²) < 4.78 is 10.3. The number of H-pyrrole nitrogens is 1. The molecule has 1 rings (SSSR count). The molecular formula is C12H23N3O2. The van der Waals surface area contributed by atoms with Crippen LogP contribution in [0.1, 0.15) is 24.9 Å². The van der Waals surface area contributed by atoms with Crippen molar-refractivity contribution in [1.29, 1.82) is 0 Å². The SMILES string of the molecule is CCCNCc1cnc(CCOCCOC)[nH]1. The Morgan fingerprint density at radius 3 is 3.00 bits per heavy atom. The highest BCUT2D eigenvalue weighted by Gasteiger charge is 2.00. The van der Waals surface area contributed by atoms with Crippen LogP contribution in [0.2, 0.25) is 0 Å². The van der Waals surface area contributed by atoms with E-state index >= 15 is 0 Å². The van der Waals surface area contributed by atoms with Crippen molar-refractivity contribution in [3.8, 4) is 0 Å². The Morgan fingerprint density at radius 2 is 2.24 bits per heavy atom. The highest BCUT2D eigenvalue weighted by atomic mass is 16.5. The molecule has 0 saturated heterocycles. The van der Waals surface area contributed by atoms with Crippen LogP contribution in [0.25, 0.3) is 0 Å². The minimum absolute atomic E-state index is 0.641. The largest absolute Gasteiger partial charge is 0.382 e. The van der Waals surface area contributed by atoms with E-state index in [1.165, 1.54) is 0 Å². The van der Waals surface area contributed by atoms with E-state index in [0.717, 1.165) is 37.4 Å². The van der Waals surface area contributed by atoms with E-state index in [4.69, 9.17) is 9.47 Å². The lowest BCUT2D eigenvalue weighted by atomic mass is 10.4. The summed E-state index contributed by atoms with van der Waals surface area (Å²) in [6, 6.07) is 0. The van der Waals surface area contributed by atoms with E-state index in [-0.39, 0.29) is 0 Å². The second-order valence-corrected chi connectivity index (χ2v) is 3.89. The number of rotatable bonds is 10. The molecule has 0 radical (unpaired) electrons. The molecule has 1 heterocycles. The monoisotopic (exact) mass is 241 g/mol. The second kappa shape index (κ2) is 9.15. The summed E-state index contributed by atoms with van der Waals surface area (Å²) in [7, 11) is 1.67. The van der Waals surface area contributed by atoms with Crippen LogP contribution in [0.4, 0.5) is 0 Å². The summed E-state index contributed by atoms with van der Waals surface area (Å²) in [5.41, 5.74) is 1.13. The fourth-order valence-electron chi connectivity index (χ4n) is 1.44. The van der Waals surface area contributed by atoms with E-state index in [1.54, 1.807) is 7.11 Å². The zero-order valence-corrected chi connectivity index (χ0v) is 10.8. The van der Waals surface area contributed by atoms with Gasteiger partial charge in [0.05, 0.1) is 19.8 Å². The predicted octanol–water partition coefficient (Wildman–Crippen LogP) is 1.11. The zero-order chi connectivity index (χ0) is 12.3. The van der Waals surface area contributed by atoms with Crippen LogP contribution in [0.15, 0.2) is 6.20 Å². The molecule has 5 nitrogen and oxygen atoms in total. The molecule has 1 aromatic heterocycles. The molecule has 0 aliphatic rings. The molecule has 0 atom stereocenters. The van der Waals surface area contributed by atoms with E-state index in [0.29, 0.717) is 19.8 Å². The standard InChI is InChI=1S/C12H23N3O2/c1-3-5-13-9-11-10-14-12(15-11)4-6-17-8-7-16-2/h10,13H,3-9H2,1-2H3,(H,14,15). The number of nitrogens with one attached hydrogen (secondary N) is 2. The van der Waals surface area contributed by atoms with E-state index in [1.807, 2.05) is 6.20 Å². The molecule has 0 aliphatic carbocycles. The molecule has 0 saturated carbocycles.